The summed E-state index contributed by atoms with van der Waals surface area (Å²) in [6, 6.07) is 8.74. The van der Waals surface area contributed by atoms with E-state index in [0.717, 1.165) is 5.56 Å². The molecule has 0 saturated carbocycles. The molecule has 1 aromatic rings. The molecule has 0 radical (unpaired) electrons. The van der Waals surface area contributed by atoms with Gasteiger partial charge in [-0.25, -0.2) is 4.79 Å². The largest absolute Gasteiger partial charge is 0.445 e. The lowest BCUT2D eigenvalue weighted by Gasteiger charge is -2.16. The van der Waals surface area contributed by atoms with Gasteiger partial charge in [-0.05, 0) is 5.56 Å². The van der Waals surface area contributed by atoms with E-state index in [1.807, 2.05) is 30.3 Å². The summed E-state index contributed by atoms with van der Waals surface area (Å²) >= 11 is 0. The first-order valence-corrected chi connectivity index (χ1v) is 9.33. The summed E-state index contributed by atoms with van der Waals surface area (Å²) in [6.07, 6.45) is -0.555. The van der Waals surface area contributed by atoms with Crippen LogP contribution in [-0.2, 0) is 11.3 Å². The van der Waals surface area contributed by atoms with Crippen LogP contribution in [-0.4, -0.2) is 53.1 Å². The number of alkyl carbamates (subject to hydrolysis) is 1. The van der Waals surface area contributed by atoms with E-state index in [4.69, 9.17) is 15.6 Å². The average molecular weight is 346 g/mol. The third-order valence-electron chi connectivity index (χ3n) is 2.62. The number of benzene rings is 1. The lowest BCUT2D eigenvalue weighted by Crippen LogP contribution is -2.39. The fraction of sp³-hybridized carbons (Fsp3) is 0.500. The molecule has 8 heteroatoms. The first kappa shape index (κ1) is 19.1. The second-order valence-electron chi connectivity index (χ2n) is 4.60. The molecule has 124 valence electrons. The van der Waals surface area contributed by atoms with Gasteiger partial charge in [-0.2, -0.15) is 0 Å². The highest BCUT2D eigenvalue weighted by molar-refractivity contribution is 8.76. The molecule has 1 aromatic carbocycles. The summed E-state index contributed by atoms with van der Waals surface area (Å²) in [4.78, 5) is 11.7. The third-order valence-corrected chi connectivity index (χ3v) is 5.21. The minimum atomic E-state index is -0.555. The molecule has 0 aromatic heterocycles. The van der Waals surface area contributed by atoms with Gasteiger partial charge in [0.05, 0.1) is 19.3 Å². The number of nitrogens with two attached hydrogens (primary N) is 1. The molecular formula is C14H22N2O4S2. The standard InChI is InChI=1S/C14H22N2O4S2/c15-12(6-17)9-21-22-10-13(7-18)16-14(19)20-8-11-4-2-1-3-5-11/h1-5,12-13,17-18H,6-10,15H2,(H,16,19)/t12-,13-/m0/s1. The zero-order chi connectivity index (χ0) is 16.2. The lowest BCUT2D eigenvalue weighted by atomic mass is 10.2. The van der Waals surface area contributed by atoms with Crippen LogP contribution in [0, 0.1) is 0 Å². The number of carbonyl (C=O) groups is 1. The number of ether oxygens (including phenoxy) is 1. The van der Waals surface area contributed by atoms with Crippen LogP contribution in [0.2, 0.25) is 0 Å². The summed E-state index contributed by atoms with van der Waals surface area (Å²) < 4.78 is 5.09. The van der Waals surface area contributed by atoms with E-state index in [9.17, 15) is 9.90 Å². The maximum absolute atomic E-state index is 11.7. The highest BCUT2D eigenvalue weighted by Gasteiger charge is 2.13. The van der Waals surface area contributed by atoms with Crippen molar-refractivity contribution >= 4 is 27.7 Å². The molecular weight excluding hydrogens is 324 g/mol. The third kappa shape index (κ3) is 8.50. The van der Waals surface area contributed by atoms with E-state index in [1.165, 1.54) is 21.6 Å². The summed E-state index contributed by atoms with van der Waals surface area (Å²) in [5.41, 5.74) is 6.48. The van der Waals surface area contributed by atoms with Gasteiger partial charge in [-0.15, -0.1) is 0 Å². The smallest absolute Gasteiger partial charge is 0.407 e. The topological polar surface area (TPSA) is 105 Å². The van der Waals surface area contributed by atoms with Crippen molar-refractivity contribution in [3.63, 3.8) is 0 Å². The number of aliphatic hydroxyl groups is 2. The minimum Gasteiger partial charge on any atom is -0.445 e. The molecule has 0 unspecified atom stereocenters. The molecule has 0 spiro atoms. The van der Waals surface area contributed by atoms with Crippen molar-refractivity contribution in [1.29, 1.82) is 0 Å². The molecule has 0 heterocycles. The van der Waals surface area contributed by atoms with Crippen LogP contribution < -0.4 is 11.1 Å². The Balaban J connectivity index is 2.19. The Hall–Kier alpha value is -0.930. The van der Waals surface area contributed by atoms with Crippen LogP contribution >= 0.6 is 21.6 Å². The van der Waals surface area contributed by atoms with Crippen LogP contribution in [0.15, 0.2) is 30.3 Å². The van der Waals surface area contributed by atoms with Gasteiger partial charge >= 0.3 is 6.09 Å². The summed E-state index contributed by atoms with van der Waals surface area (Å²) in [6.45, 7) is -0.0286. The monoisotopic (exact) mass is 346 g/mol. The number of nitrogens with one attached hydrogen (secondary N) is 1. The zero-order valence-corrected chi connectivity index (χ0v) is 13.8. The Kier molecular flexibility index (Phi) is 10.1. The molecule has 0 aliphatic rings. The van der Waals surface area contributed by atoms with Crippen LogP contribution in [0.25, 0.3) is 0 Å². The quantitative estimate of drug-likeness (QED) is 0.370. The molecule has 0 bridgehead atoms. The van der Waals surface area contributed by atoms with Gasteiger partial charge in [0.1, 0.15) is 6.61 Å². The number of aliphatic hydroxyl groups excluding tert-OH is 2. The number of carbonyl (C=O) groups excluding carboxylic acids is 1. The summed E-state index contributed by atoms with van der Waals surface area (Å²) in [5, 5.41) is 20.7. The van der Waals surface area contributed by atoms with E-state index >= 15 is 0 Å². The van der Waals surface area contributed by atoms with E-state index < -0.39 is 6.09 Å². The van der Waals surface area contributed by atoms with Crippen molar-refractivity contribution in [3.8, 4) is 0 Å². The molecule has 2 atom stereocenters. The second-order valence-corrected chi connectivity index (χ2v) is 7.15. The predicted molar refractivity (Wildman–Crippen MR) is 90.6 cm³/mol. The van der Waals surface area contributed by atoms with Crippen molar-refractivity contribution in [2.75, 3.05) is 24.7 Å². The van der Waals surface area contributed by atoms with Crippen molar-refractivity contribution in [3.05, 3.63) is 35.9 Å². The highest BCUT2D eigenvalue weighted by Crippen LogP contribution is 2.22. The van der Waals surface area contributed by atoms with Gasteiger partial charge in [-0.3, -0.25) is 0 Å². The molecule has 0 saturated heterocycles. The van der Waals surface area contributed by atoms with Crippen molar-refractivity contribution in [2.45, 2.75) is 18.7 Å². The predicted octanol–water partition coefficient (Wildman–Crippen LogP) is 0.975. The maximum atomic E-state index is 11.7. The SMILES string of the molecule is N[C@@H](CO)CSSC[C@H](CO)NC(=O)OCc1ccccc1. The van der Waals surface area contributed by atoms with Crippen LogP contribution in [0.4, 0.5) is 4.79 Å². The Morgan fingerprint density at radius 2 is 1.86 bits per heavy atom. The van der Waals surface area contributed by atoms with E-state index in [-0.39, 0.29) is 31.9 Å². The Morgan fingerprint density at radius 1 is 1.18 bits per heavy atom. The number of hydrogen-bond acceptors (Lipinski definition) is 7. The van der Waals surface area contributed by atoms with Gasteiger partial charge < -0.3 is 26.0 Å². The Morgan fingerprint density at radius 3 is 2.50 bits per heavy atom. The van der Waals surface area contributed by atoms with Gasteiger partial charge in [0.25, 0.3) is 0 Å². The number of amides is 1. The summed E-state index contributed by atoms with van der Waals surface area (Å²) in [7, 11) is 2.98. The molecule has 22 heavy (non-hydrogen) atoms. The first-order valence-electron chi connectivity index (χ1n) is 6.84. The Labute approximate surface area is 138 Å². The van der Waals surface area contributed by atoms with Gasteiger partial charge in [0.15, 0.2) is 0 Å². The Bertz CT molecular complexity index is 423. The molecule has 6 nitrogen and oxygen atoms in total. The molecule has 0 aliphatic heterocycles. The van der Waals surface area contributed by atoms with Crippen molar-refractivity contribution < 1.29 is 19.7 Å². The average Bonchev–Trinajstić information content (AvgIpc) is 2.56. The molecule has 1 amide bonds. The minimum absolute atomic E-state index is 0.0545. The van der Waals surface area contributed by atoms with Crippen LogP contribution in [0.5, 0.6) is 0 Å². The van der Waals surface area contributed by atoms with Crippen molar-refractivity contribution in [2.24, 2.45) is 5.73 Å². The van der Waals surface area contributed by atoms with Gasteiger partial charge in [-0.1, -0.05) is 51.9 Å². The molecule has 5 N–H and O–H groups in total. The molecule has 0 fully saturated rings. The van der Waals surface area contributed by atoms with Crippen LogP contribution in [0.3, 0.4) is 0 Å². The van der Waals surface area contributed by atoms with Gasteiger partial charge in [0, 0.05) is 17.5 Å². The maximum Gasteiger partial charge on any atom is 0.407 e. The number of hydrogen-bond donors (Lipinski definition) is 4. The number of rotatable bonds is 10. The molecule has 0 aliphatic carbocycles. The van der Waals surface area contributed by atoms with Crippen molar-refractivity contribution in [1.82, 2.24) is 5.32 Å². The fourth-order valence-electron chi connectivity index (χ4n) is 1.39. The summed E-state index contributed by atoms with van der Waals surface area (Å²) in [5.74, 6) is 1.14. The fourth-order valence-corrected chi connectivity index (χ4v) is 3.81. The normalized spacial score (nSPS) is 13.4. The first-order chi connectivity index (χ1) is 10.7. The van der Waals surface area contributed by atoms with E-state index in [2.05, 4.69) is 5.32 Å². The molecule has 1 rings (SSSR count). The second kappa shape index (κ2) is 11.6. The lowest BCUT2D eigenvalue weighted by molar-refractivity contribution is 0.131. The van der Waals surface area contributed by atoms with Crippen LogP contribution in [0.1, 0.15) is 5.56 Å². The van der Waals surface area contributed by atoms with E-state index in [1.54, 1.807) is 0 Å². The highest BCUT2D eigenvalue weighted by atomic mass is 33.1. The van der Waals surface area contributed by atoms with Gasteiger partial charge in [0.2, 0.25) is 0 Å². The zero-order valence-electron chi connectivity index (χ0n) is 12.2. The van der Waals surface area contributed by atoms with E-state index in [0.29, 0.717) is 11.5 Å².